The van der Waals surface area contributed by atoms with E-state index in [-0.39, 0.29) is 6.42 Å². The quantitative estimate of drug-likeness (QED) is 0.829. The van der Waals surface area contributed by atoms with E-state index in [2.05, 4.69) is 23.4 Å². The number of aromatic nitrogens is 2. The predicted molar refractivity (Wildman–Crippen MR) is 60.4 cm³/mol. The van der Waals surface area contributed by atoms with E-state index in [9.17, 15) is 4.79 Å². The second-order valence-electron chi connectivity index (χ2n) is 4.96. The van der Waals surface area contributed by atoms with E-state index in [1.807, 2.05) is 6.20 Å². The summed E-state index contributed by atoms with van der Waals surface area (Å²) in [4.78, 5) is 15.2. The third-order valence-electron chi connectivity index (χ3n) is 2.73. The van der Waals surface area contributed by atoms with Gasteiger partial charge in [-0.15, -0.1) is 0 Å². The standard InChI is InChI=1S/C12H18N2O2/c1-8(2)5-9-7-14(10-3-4-10)11(13-9)6-12(15)16/h7-8,10H,3-6H2,1-2H3,(H,15,16). The summed E-state index contributed by atoms with van der Waals surface area (Å²) < 4.78 is 2.06. The lowest BCUT2D eigenvalue weighted by atomic mass is 10.1. The zero-order chi connectivity index (χ0) is 11.7. The molecular weight excluding hydrogens is 204 g/mol. The average molecular weight is 222 g/mol. The Hall–Kier alpha value is -1.32. The molecule has 0 aliphatic heterocycles. The molecule has 0 atom stereocenters. The van der Waals surface area contributed by atoms with Crippen LogP contribution in [0.25, 0.3) is 0 Å². The van der Waals surface area contributed by atoms with E-state index in [0.717, 1.165) is 25.0 Å². The van der Waals surface area contributed by atoms with Gasteiger partial charge in [-0.25, -0.2) is 4.98 Å². The first-order chi connectivity index (χ1) is 7.56. The summed E-state index contributed by atoms with van der Waals surface area (Å²) in [5.74, 6) is 0.467. The van der Waals surface area contributed by atoms with Crippen molar-refractivity contribution in [2.75, 3.05) is 0 Å². The normalized spacial score (nSPS) is 15.7. The molecule has 4 heteroatoms. The third-order valence-corrected chi connectivity index (χ3v) is 2.73. The van der Waals surface area contributed by atoms with Crippen LogP contribution in [0.1, 0.15) is 44.2 Å². The number of hydrogen-bond donors (Lipinski definition) is 1. The van der Waals surface area contributed by atoms with Crippen LogP contribution in [0.4, 0.5) is 0 Å². The van der Waals surface area contributed by atoms with Gasteiger partial charge >= 0.3 is 5.97 Å². The van der Waals surface area contributed by atoms with Crippen LogP contribution in [0.5, 0.6) is 0 Å². The number of aliphatic carboxylic acids is 1. The van der Waals surface area contributed by atoms with Gasteiger partial charge in [0.25, 0.3) is 0 Å². The Balaban J connectivity index is 2.19. The lowest BCUT2D eigenvalue weighted by Crippen LogP contribution is -2.07. The van der Waals surface area contributed by atoms with Gasteiger partial charge in [-0.2, -0.15) is 0 Å². The lowest BCUT2D eigenvalue weighted by Gasteiger charge is -2.02. The highest BCUT2D eigenvalue weighted by Gasteiger charge is 2.27. The molecule has 1 aromatic heterocycles. The molecule has 0 spiro atoms. The maximum absolute atomic E-state index is 10.7. The Morgan fingerprint density at radius 1 is 1.62 bits per heavy atom. The Kier molecular flexibility index (Phi) is 2.99. The number of rotatable bonds is 5. The molecule has 88 valence electrons. The molecule has 0 radical (unpaired) electrons. The molecule has 4 nitrogen and oxygen atoms in total. The first-order valence-electron chi connectivity index (χ1n) is 5.84. The highest BCUT2D eigenvalue weighted by atomic mass is 16.4. The minimum absolute atomic E-state index is 0.0363. The van der Waals surface area contributed by atoms with Gasteiger partial charge in [0, 0.05) is 12.2 Å². The number of carboxylic acid groups (broad SMARTS) is 1. The SMILES string of the molecule is CC(C)Cc1cn(C2CC2)c(CC(=O)O)n1. The molecule has 1 aliphatic rings. The number of nitrogens with zero attached hydrogens (tertiary/aromatic N) is 2. The van der Waals surface area contributed by atoms with Gasteiger partial charge in [0.15, 0.2) is 0 Å². The lowest BCUT2D eigenvalue weighted by molar-refractivity contribution is -0.136. The zero-order valence-corrected chi connectivity index (χ0v) is 9.81. The van der Waals surface area contributed by atoms with Crippen LogP contribution in [0.3, 0.4) is 0 Å². The summed E-state index contributed by atoms with van der Waals surface area (Å²) in [6.07, 6.45) is 5.31. The van der Waals surface area contributed by atoms with Gasteiger partial charge in [-0.1, -0.05) is 13.8 Å². The van der Waals surface area contributed by atoms with Crippen LogP contribution in [-0.4, -0.2) is 20.6 Å². The molecule has 16 heavy (non-hydrogen) atoms. The Labute approximate surface area is 95.3 Å². The monoisotopic (exact) mass is 222 g/mol. The fourth-order valence-electron chi connectivity index (χ4n) is 1.94. The van der Waals surface area contributed by atoms with Crippen LogP contribution in [0.15, 0.2) is 6.20 Å². The van der Waals surface area contributed by atoms with E-state index in [0.29, 0.717) is 17.8 Å². The van der Waals surface area contributed by atoms with Gasteiger partial charge in [-0.3, -0.25) is 4.79 Å². The second kappa shape index (κ2) is 4.28. The second-order valence-corrected chi connectivity index (χ2v) is 4.96. The van der Waals surface area contributed by atoms with Crippen molar-refractivity contribution in [2.45, 2.75) is 45.6 Å². The molecule has 1 fully saturated rings. The molecule has 0 bridgehead atoms. The molecule has 0 amide bonds. The van der Waals surface area contributed by atoms with Crippen LogP contribution < -0.4 is 0 Å². The molecule has 1 saturated carbocycles. The topological polar surface area (TPSA) is 55.1 Å². The summed E-state index contributed by atoms with van der Waals surface area (Å²) in [5.41, 5.74) is 1.03. The van der Waals surface area contributed by atoms with Crippen molar-refractivity contribution in [2.24, 2.45) is 5.92 Å². The molecule has 0 unspecified atom stereocenters. The Morgan fingerprint density at radius 3 is 2.81 bits per heavy atom. The van der Waals surface area contributed by atoms with Crippen LogP contribution >= 0.6 is 0 Å². The third kappa shape index (κ3) is 2.62. The van der Waals surface area contributed by atoms with Crippen molar-refractivity contribution in [3.05, 3.63) is 17.7 Å². The minimum atomic E-state index is -0.802. The Morgan fingerprint density at radius 2 is 2.31 bits per heavy atom. The summed E-state index contributed by atoms with van der Waals surface area (Å²) in [5, 5.41) is 8.83. The highest BCUT2D eigenvalue weighted by Crippen LogP contribution is 2.36. The van der Waals surface area contributed by atoms with Crippen molar-refractivity contribution in [1.29, 1.82) is 0 Å². The van der Waals surface area contributed by atoms with E-state index < -0.39 is 5.97 Å². The van der Waals surface area contributed by atoms with E-state index in [1.165, 1.54) is 0 Å². The van der Waals surface area contributed by atoms with E-state index in [4.69, 9.17) is 5.11 Å². The summed E-state index contributed by atoms with van der Waals surface area (Å²) in [7, 11) is 0. The number of carboxylic acids is 1. The maximum Gasteiger partial charge on any atom is 0.311 e. The fraction of sp³-hybridized carbons (Fsp3) is 0.667. The molecular formula is C12H18N2O2. The summed E-state index contributed by atoms with van der Waals surface area (Å²) >= 11 is 0. The zero-order valence-electron chi connectivity index (χ0n) is 9.81. The molecule has 1 aliphatic carbocycles. The van der Waals surface area contributed by atoms with Crippen LogP contribution in [-0.2, 0) is 17.6 Å². The first-order valence-corrected chi connectivity index (χ1v) is 5.84. The predicted octanol–water partition coefficient (Wildman–Crippen LogP) is 2.04. The van der Waals surface area contributed by atoms with Crippen molar-refractivity contribution in [1.82, 2.24) is 9.55 Å². The van der Waals surface area contributed by atoms with Crippen LogP contribution in [0, 0.1) is 5.92 Å². The van der Waals surface area contributed by atoms with Gasteiger partial charge in [0.2, 0.25) is 0 Å². The Bertz CT molecular complexity index is 392. The number of imidazole rings is 1. The fourth-order valence-corrected chi connectivity index (χ4v) is 1.94. The van der Waals surface area contributed by atoms with Gasteiger partial charge < -0.3 is 9.67 Å². The van der Waals surface area contributed by atoms with Crippen LogP contribution in [0.2, 0.25) is 0 Å². The molecule has 1 N–H and O–H groups in total. The van der Waals surface area contributed by atoms with Crippen molar-refractivity contribution in [3.63, 3.8) is 0 Å². The van der Waals surface area contributed by atoms with Gasteiger partial charge in [-0.05, 0) is 25.2 Å². The van der Waals surface area contributed by atoms with Crippen molar-refractivity contribution < 1.29 is 9.90 Å². The maximum atomic E-state index is 10.7. The summed E-state index contributed by atoms with van der Waals surface area (Å²) in [6.45, 7) is 4.29. The van der Waals surface area contributed by atoms with Gasteiger partial charge in [0.05, 0.1) is 5.69 Å². The molecule has 0 aromatic carbocycles. The van der Waals surface area contributed by atoms with Crippen molar-refractivity contribution in [3.8, 4) is 0 Å². The largest absolute Gasteiger partial charge is 0.481 e. The van der Waals surface area contributed by atoms with E-state index in [1.54, 1.807) is 0 Å². The molecule has 1 aromatic rings. The minimum Gasteiger partial charge on any atom is -0.481 e. The average Bonchev–Trinajstić information content (AvgIpc) is 2.90. The first kappa shape index (κ1) is 11.2. The van der Waals surface area contributed by atoms with Crippen molar-refractivity contribution >= 4 is 5.97 Å². The molecule has 0 saturated heterocycles. The molecule has 2 rings (SSSR count). The number of carbonyl (C=O) groups is 1. The smallest absolute Gasteiger partial charge is 0.311 e. The highest BCUT2D eigenvalue weighted by molar-refractivity contribution is 5.69. The van der Waals surface area contributed by atoms with Gasteiger partial charge in [0.1, 0.15) is 12.2 Å². The summed E-state index contributed by atoms with van der Waals surface area (Å²) in [6, 6.07) is 0.503. The number of hydrogen-bond acceptors (Lipinski definition) is 2. The molecule has 1 heterocycles. The van der Waals surface area contributed by atoms with E-state index >= 15 is 0 Å².